The van der Waals surface area contributed by atoms with E-state index in [4.69, 9.17) is 14.2 Å². The van der Waals surface area contributed by atoms with E-state index in [-0.39, 0.29) is 12.9 Å². The van der Waals surface area contributed by atoms with E-state index in [2.05, 4.69) is 36.4 Å². The summed E-state index contributed by atoms with van der Waals surface area (Å²) < 4.78 is 18.1. The molecule has 3 unspecified atom stereocenters. The fourth-order valence-corrected chi connectivity index (χ4v) is 4.15. The van der Waals surface area contributed by atoms with E-state index in [0.29, 0.717) is 12.8 Å². The van der Waals surface area contributed by atoms with E-state index in [9.17, 15) is 5.11 Å². The average Bonchev–Trinajstić information content (AvgIpc) is 2.82. The van der Waals surface area contributed by atoms with Crippen LogP contribution in [0.15, 0.2) is 91.0 Å². The van der Waals surface area contributed by atoms with E-state index in [0.717, 1.165) is 16.7 Å². The topological polar surface area (TPSA) is 47.9 Å². The van der Waals surface area contributed by atoms with Gasteiger partial charge in [0.2, 0.25) is 0 Å². The van der Waals surface area contributed by atoms with E-state index >= 15 is 0 Å². The van der Waals surface area contributed by atoms with Crippen LogP contribution >= 0.6 is 0 Å². The average molecular weight is 405 g/mol. The molecule has 4 heteroatoms. The van der Waals surface area contributed by atoms with Crippen molar-refractivity contribution >= 4 is 0 Å². The Labute approximate surface area is 178 Å². The maximum atomic E-state index is 10.5. The van der Waals surface area contributed by atoms with Crippen LogP contribution in [0.3, 0.4) is 0 Å². The van der Waals surface area contributed by atoms with E-state index in [1.807, 2.05) is 54.6 Å². The largest absolute Gasteiger partial charge is 0.390 e. The molecule has 1 saturated heterocycles. The molecule has 1 aliphatic heterocycles. The van der Waals surface area contributed by atoms with Crippen molar-refractivity contribution in [3.8, 4) is 0 Å². The zero-order valence-electron chi connectivity index (χ0n) is 17.2. The van der Waals surface area contributed by atoms with Crippen molar-refractivity contribution in [2.45, 2.75) is 36.9 Å². The molecule has 0 aromatic heterocycles. The van der Waals surface area contributed by atoms with Crippen LogP contribution in [-0.4, -0.2) is 37.3 Å². The second-order valence-electron chi connectivity index (χ2n) is 7.57. The summed E-state index contributed by atoms with van der Waals surface area (Å²) in [4.78, 5) is 0. The lowest BCUT2D eigenvalue weighted by atomic mass is 9.80. The van der Waals surface area contributed by atoms with Crippen LogP contribution in [0, 0.1) is 0 Å². The molecule has 0 amide bonds. The third kappa shape index (κ3) is 4.18. The van der Waals surface area contributed by atoms with Crippen LogP contribution in [0.4, 0.5) is 0 Å². The lowest BCUT2D eigenvalue weighted by molar-refractivity contribution is -0.229. The van der Waals surface area contributed by atoms with Gasteiger partial charge in [-0.05, 0) is 23.1 Å². The zero-order chi connectivity index (χ0) is 20.8. The van der Waals surface area contributed by atoms with Crippen LogP contribution in [-0.2, 0) is 19.8 Å². The van der Waals surface area contributed by atoms with Crippen LogP contribution in [0.2, 0.25) is 0 Å². The predicted molar refractivity (Wildman–Crippen MR) is 116 cm³/mol. The molecule has 3 aromatic carbocycles. The smallest absolute Gasteiger partial charge is 0.157 e. The van der Waals surface area contributed by atoms with Gasteiger partial charge in [-0.1, -0.05) is 91.0 Å². The van der Waals surface area contributed by atoms with Crippen LogP contribution in [0.1, 0.15) is 29.5 Å². The molecular formula is C26H28O4. The Morgan fingerprint density at radius 3 is 1.70 bits per heavy atom. The standard InChI is InChI=1S/C26H28O4/c1-28-25-18-17-23(27)24(30-25)19-29-26(20-11-5-2-6-12-20,21-13-7-3-8-14-21)22-15-9-4-10-16-22/h2-16,23-25,27H,17-19H2,1H3. The molecule has 30 heavy (non-hydrogen) atoms. The molecule has 0 bridgehead atoms. The second kappa shape index (κ2) is 9.54. The summed E-state index contributed by atoms with van der Waals surface area (Å²) in [5.41, 5.74) is 2.25. The summed E-state index contributed by atoms with van der Waals surface area (Å²) in [5, 5.41) is 10.5. The molecule has 1 heterocycles. The van der Waals surface area contributed by atoms with Gasteiger partial charge in [0, 0.05) is 13.5 Å². The van der Waals surface area contributed by atoms with Crippen molar-refractivity contribution in [3.63, 3.8) is 0 Å². The quantitative estimate of drug-likeness (QED) is 0.589. The van der Waals surface area contributed by atoms with Gasteiger partial charge in [0.05, 0.1) is 12.7 Å². The molecule has 4 nitrogen and oxygen atoms in total. The van der Waals surface area contributed by atoms with Crippen LogP contribution in [0.25, 0.3) is 0 Å². The fourth-order valence-electron chi connectivity index (χ4n) is 4.15. The molecule has 1 fully saturated rings. The lowest BCUT2D eigenvalue weighted by Crippen LogP contribution is -2.45. The third-order valence-electron chi connectivity index (χ3n) is 5.72. The molecule has 1 N–H and O–H groups in total. The number of methoxy groups -OCH3 is 1. The second-order valence-corrected chi connectivity index (χ2v) is 7.57. The minimum atomic E-state index is -0.827. The Kier molecular flexibility index (Phi) is 6.60. The van der Waals surface area contributed by atoms with Crippen molar-refractivity contribution in [3.05, 3.63) is 108 Å². The monoisotopic (exact) mass is 404 g/mol. The lowest BCUT2D eigenvalue weighted by Gasteiger charge is -2.39. The molecule has 0 spiro atoms. The summed E-state index contributed by atoms with van der Waals surface area (Å²) in [6.07, 6.45) is -0.0612. The number of aliphatic hydroxyl groups excluding tert-OH is 1. The maximum Gasteiger partial charge on any atom is 0.157 e. The Morgan fingerprint density at radius 2 is 1.27 bits per heavy atom. The minimum Gasteiger partial charge on any atom is -0.390 e. The Morgan fingerprint density at radius 1 is 0.800 bits per heavy atom. The minimum absolute atomic E-state index is 0.236. The van der Waals surface area contributed by atoms with Gasteiger partial charge in [0.25, 0.3) is 0 Å². The first-order chi connectivity index (χ1) is 14.7. The highest BCUT2D eigenvalue weighted by atomic mass is 16.7. The van der Waals surface area contributed by atoms with Crippen LogP contribution in [0.5, 0.6) is 0 Å². The van der Waals surface area contributed by atoms with E-state index in [1.165, 1.54) is 0 Å². The highest BCUT2D eigenvalue weighted by Gasteiger charge is 2.40. The molecule has 0 saturated carbocycles. The first kappa shape index (κ1) is 20.8. The van der Waals surface area contributed by atoms with Crippen molar-refractivity contribution < 1.29 is 19.3 Å². The Balaban J connectivity index is 1.77. The number of rotatable bonds is 7. The summed E-state index contributed by atoms with van der Waals surface area (Å²) in [5.74, 6) is 0. The zero-order valence-corrected chi connectivity index (χ0v) is 17.2. The van der Waals surface area contributed by atoms with Gasteiger partial charge in [-0.2, -0.15) is 0 Å². The predicted octanol–water partition coefficient (Wildman–Crippen LogP) is 4.51. The van der Waals surface area contributed by atoms with Gasteiger partial charge in [-0.15, -0.1) is 0 Å². The number of hydrogen-bond donors (Lipinski definition) is 1. The molecular weight excluding hydrogens is 376 g/mol. The molecule has 0 aliphatic carbocycles. The summed E-state index contributed by atoms with van der Waals surface area (Å²) in [6.45, 7) is 0.236. The molecule has 3 atom stereocenters. The summed E-state index contributed by atoms with van der Waals surface area (Å²) in [6, 6.07) is 30.6. The van der Waals surface area contributed by atoms with Crippen molar-refractivity contribution in [2.75, 3.05) is 13.7 Å². The highest BCUT2D eigenvalue weighted by molar-refractivity contribution is 5.47. The van der Waals surface area contributed by atoms with Gasteiger partial charge in [-0.3, -0.25) is 0 Å². The SMILES string of the molecule is COC1CCC(O)C(COC(c2ccccc2)(c2ccccc2)c2ccccc2)O1. The summed E-state index contributed by atoms with van der Waals surface area (Å²) >= 11 is 0. The Bertz CT molecular complexity index is 801. The summed E-state index contributed by atoms with van der Waals surface area (Å²) in [7, 11) is 1.63. The van der Waals surface area contributed by atoms with Gasteiger partial charge in [0.1, 0.15) is 11.7 Å². The number of ether oxygens (including phenoxy) is 3. The van der Waals surface area contributed by atoms with Gasteiger partial charge >= 0.3 is 0 Å². The molecule has 3 aromatic rings. The van der Waals surface area contributed by atoms with Crippen molar-refractivity contribution in [2.24, 2.45) is 0 Å². The fraction of sp³-hybridized carbons (Fsp3) is 0.308. The number of aliphatic hydroxyl groups is 1. The van der Waals surface area contributed by atoms with Gasteiger partial charge < -0.3 is 19.3 Å². The van der Waals surface area contributed by atoms with Gasteiger partial charge in [-0.25, -0.2) is 0 Å². The third-order valence-corrected chi connectivity index (χ3v) is 5.72. The number of benzene rings is 3. The van der Waals surface area contributed by atoms with E-state index < -0.39 is 17.8 Å². The van der Waals surface area contributed by atoms with Crippen LogP contribution < -0.4 is 0 Å². The molecule has 1 aliphatic rings. The number of hydrogen-bond acceptors (Lipinski definition) is 4. The van der Waals surface area contributed by atoms with Gasteiger partial charge in [0.15, 0.2) is 6.29 Å². The molecule has 4 rings (SSSR count). The van der Waals surface area contributed by atoms with Crippen molar-refractivity contribution in [1.29, 1.82) is 0 Å². The maximum absolute atomic E-state index is 10.5. The molecule has 156 valence electrons. The van der Waals surface area contributed by atoms with Crippen molar-refractivity contribution in [1.82, 2.24) is 0 Å². The first-order valence-corrected chi connectivity index (χ1v) is 10.4. The first-order valence-electron chi connectivity index (χ1n) is 10.4. The normalized spacial score (nSPS) is 22.0. The Hall–Kier alpha value is -2.50. The highest BCUT2D eigenvalue weighted by Crippen LogP contribution is 2.41. The van der Waals surface area contributed by atoms with E-state index in [1.54, 1.807) is 7.11 Å². The molecule has 0 radical (unpaired) electrons.